The lowest BCUT2D eigenvalue weighted by Crippen LogP contribution is -2.08. The van der Waals surface area contributed by atoms with Gasteiger partial charge in [0.2, 0.25) is 0 Å². The first-order chi connectivity index (χ1) is 7.40. The topological polar surface area (TPSA) is 43.4 Å². The summed E-state index contributed by atoms with van der Waals surface area (Å²) in [6, 6.07) is 5.87. The monoisotopic (exact) mass is 242 g/mol. The fraction of sp³-hybridized carbons (Fsp3) is 0.500. The summed E-state index contributed by atoms with van der Waals surface area (Å²) in [6.45, 7) is 4.47. The zero-order valence-electron chi connectivity index (χ0n) is 9.99. The Hall–Kier alpha value is -1.03. The Labute approximate surface area is 97.4 Å². The lowest BCUT2D eigenvalue weighted by atomic mass is 10.1. The highest BCUT2D eigenvalue weighted by molar-refractivity contribution is 7.90. The second kappa shape index (κ2) is 5.34. The maximum absolute atomic E-state index is 10.9. The fourth-order valence-corrected chi connectivity index (χ4v) is 2.03. The SMILES string of the molecule is Cc1cccc(OCCCS(C)(=O)=O)c1C. The largest absolute Gasteiger partial charge is 0.493 e. The summed E-state index contributed by atoms with van der Waals surface area (Å²) in [4.78, 5) is 0. The molecule has 1 rings (SSSR count). The van der Waals surface area contributed by atoms with Crippen molar-refractivity contribution in [3.8, 4) is 5.75 Å². The van der Waals surface area contributed by atoms with E-state index in [9.17, 15) is 8.42 Å². The van der Waals surface area contributed by atoms with Crippen molar-refractivity contribution in [1.29, 1.82) is 0 Å². The van der Waals surface area contributed by atoms with Crippen LogP contribution in [0, 0.1) is 13.8 Å². The quantitative estimate of drug-likeness (QED) is 0.743. The van der Waals surface area contributed by atoms with Crippen LogP contribution in [0.3, 0.4) is 0 Å². The zero-order valence-corrected chi connectivity index (χ0v) is 10.8. The van der Waals surface area contributed by atoms with Gasteiger partial charge < -0.3 is 4.74 Å². The van der Waals surface area contributed by atoms with Crippen molar-refractivity contribution in [3.63, 3.8) is 0 Å². The molecule has 1 aromatic rings. The third-order valence-electron chi connectivity index (χ3n) is 2.47. The van der Waals surface area contributed by atoms with Crippen LogP contribution in [0.25, 0.3) is 0 Å². The highest BCUT2D eigenvalue weighted by atomic mass is 32.2. The maximum atomic E-state index is 10.9. The van der Waals surface area contributed by atoms with Crippen LogP contribution in [0.2, 0.25) is 0 Å². The van der Waals surface area contributed by atoms with Crippen molar-refractivity contribution in [2.45, 2.75) is 20.3 Å². The molecule has 0 fully saturated rings. The number of sulfone groups is 1. The van der Waals surface area contributed by atoms with E-state index in [4.69, 9.17) is 4.74 Å². The number of benzene rings is 1. The van der Waals surface area contributed by atoms with Crippen LogP contribution in [-0.2, 0) is 9.84 Å². The smallest absolute Gasteiger partial charge is 0.147 e. The predicted molar refractivity (Wildman–Crippen MR) is 65.7 cm³/mol. The standard InChI is InChI=1S/C12H18O3S/c1-10-6-4-7-12(11(10)2)15-8-5-9-16(3,13)14/h4,6-7H,5,8-9H2,1-3H3. The Morgan fingerprint density at radius 2 is 1.94 bits per heavy atom. The fourth-order valence-electron chi connectivity index (χ4n) is 1.38. The van der Waals surface area contributed by atoms with Crippen molar-refractivity contribution in [2.75, 3.05) is 18.6 Å². The van der Waals surface area contributed by atoms with E-state index >= 15 is 0 Å². The van der Waals surface area contributed by atoms with Gasteiger partial charge in [-0.2, -0.15) is 0 Å². The number of ether oxygens (including phenoxy) is 1. The van der Waals surface area contributed by atoms with Crippen LogP contribution in [0.1, 0.15) is 17.5 Å². The van der Waals surface area contributed by atoms with Gasteiger partial charge in [-0.25, -0.2) is 8.42 Å². The molecule has 3 nitrogen and oxygen atoms in total. The van der Waals surface area contributed by atoms with Gasteiger partial charge in [-0.05, 0) is 37.5 Å². The molecule has 1 aromatic carbocycles. The van der Waals surface area contributed by atoms with Gasteiger partial charge in [-0.15, -0.1) is 0 Å². The number of aryl methyl sites for hydroxylation is 1. The van der Waals surface area contributed by atoms with Gasteiger partial charge in [-0.1, -0.05) is 12.1 Å². The van der Waals surface area contributed by atoms with Crippen LogP contribution < -0.4 is 4.74 Å². The van der Waals surface area contributed by atoms with Gasteiger partial charge in [0, 0.05) is 6.26 Å². The summed E-state index contributed by atoms with van der Waals surface area (Å²) in [5.74, 6) is 1.02. The van der Waals surface area contributed by atoms with Crippen molar-refractivity contribution in [3.05, 3.63) is 29.3 Å². The minimum atomic E-state index is -2.88. The van der Waals surface area contributed by atoms with Crippen molar-refractivity contribution in [2.24, 2.45) is 0 Å². The molecule has 4 heteroatoms. The van der Waals surface area contributed by atoms with E-state index in [1.807, 2.05) is 32.0 Å². The molecular formula is C12H18O3S. The second-order valence-corrected chi connectivity index (χ2v) is 6.29. The number of rotatable bonds is 5. The number of hydrogen-bond donors (Lipinski definition) is 0. The normalized spacial score (nSPS) is 11.4. The van der Waals surface area contributed by atoms with Gasteiger partial charge >= 0.3 is 0 Å². The van der Waals surface area contributed by atoms with Gasteiger partial charge in [0.25, 0.3) is 0 Å². The summed E-state index contributed by atoms with van der Waals surface area (Å²) >= 11 is 0. The van der Waals surface area contributed by atoms with Crippen LogP contribution in [0.5, 0.6) is 5.75 Å². The molecule has 0 spiro atoms. The Morgan fingerprint density at radius 3 is 2.56 bits per heavy atom. The molecule has 0 bridgehead atoms. The lowest BCUT2D eigenvalue weighted by molar-refractivity contribution is 0.315. The lowest BCUT2D eigenvalue weighted by Gasteiger charge is -2.10. The van der Waals surface area contributed by atoms with Crippen molar-refractivity contribution >= 4 is 9.84 Å². The first-order valence-corrected chi connectivity index (χ1v) is 7.33. The van der Waals surface area contributed by atoms with E-state index in [2.05, 4.69) is 0 Å². The van der Waals surface area contributed by atoms with Crippen LogP contribution in [0.4, 0.5) is 0 Å². The molecule has 0 aliphatic carbocycles. The molecule has 0 radical (unpaired) electrons. The van der Waals surface area contributed by atoms with E-state index in [1.165, 1.54) is 11.8 Å². The molecule has 0 amide bonds. The van der Waals surface area contributed by atoms with E-state index in [1.54, 1.807) is 0 Å². The molecular weight excluding hydrogens is 224 g/mol. The van der Waals surface area contributed by atoms with Gasteiger partial charge in [-0.3, -0.25) is 0 Å². The zero-order chi connectivity index (χ0) is 12.2. The summed E-state index contributed by atoms with van der Waals surface area (Å²) in [5, 5.41) is 0. The molecule has 0 N–H and O–H groups in total. The Morgan fingerprint density at radius 1 is 1.25 bits per heavy atom. The Kier molecular flexibility index (Phi) is 4.35. The highest BCUT2D eigenvalue weighted by Crippen LogP contribution is 2.20. The molecule has 90 valence electrons. The maximum Gasteiger partial charge on any atom is 0.147 e. The molecule has 0 aliphatic rings. The molecule has 0 saturated heterocycles. The highest BCUT2D eigenvalue weighted by Gasteiger charge is 2.04. The van der Waals surface area contributed by atoms with Crippen molar-refractivity contribution in [1.82, 2.24) is 0 Å². The van der Waals surface area contributed by atoms with Gasteiger partial charge in [0.05, 0.1) is 12.4 Å². The Balaban J connectivity index is 2.47. The Bertz CT molecular complexity index is 449. The molecule has 0 aliphatic heterocycles. The molecule has 0 saturated carbocycles. The predicted octanol–water partition coefficient (Wildman–Crippen LogP) is 2.12. The molecule has 0 atom stereocenters. The minimum Gasteiger partial charge on any atom is -0.493 e. The van der Waals surface area contributed by atoms with Crippen LogP contribution >= 0.6 is 0 Å². The number of hydrogen-bond acceptors (Lipinski definition) is 3. The average Bonchev–Trinajstić information content (AvgIpc) is 2.17. The molecule has 16 heavy (non-hydrogen) atoms. The third kappa shape index (κ3) is 4.23. The van der Waals surface area contributed by atoms with Crippen molar-refractivity contribution < 1.29 is 13.2 Å². The molecule has 0 heterocycles. The first-order valence-electron chi connectivity index (χ1n) is 5.27. The van der Waals surface area contributed by atoms with E-state index in [0.717, 1.165) is 11.3 Å². The average molecular weight is 242 g/mol. The first kappa shape index (κ1) is 13.0. The molecule has 0 unspecified atom stereocenters. The van der Waals surface area contributed by atoms with Gasteiger partial charge in [0.1, 0.15) is 15.6 Å². The summed E-state index contributed by atoms with van der Waals surface area (Å²) in [7, 11) is -2.88. The molecule has 0 aromatic heterocycles. The summed E-state index contributed by atoms with van der Waals surface area (Å²) in [6.07, 6.45) is 1.77. The third-order valence-corrected chi connectivity index (χ3v) is 3.50. The summed E-state index contributed by atoms with van der Waals surface area (Å²) in [5.41, 5.74) is 2.29. The van der Waals surface area contributed by atoms with E-state index in [0.29, 0.717) is 13.0 Å². The van der Waals surface area contributed by atoms with Gasteiger partial charge in [0.15, 0.2) is 0 Å². The van der Waals surface area contributed by atoms with Crippen LogP contribution in [0.15, 0.2) is 18.2 Å². The van der Waals surface area contributed by atoms with E-state index in [-0.39, 0.29) is 5.75 Å². The van der Waals surface area contributed by atoms with E-state index < -0.39 is 9.84 Å². The van der Waals surface area contributed by atoms with Crippen LogP contribution in [-0.4, -0.2) is 27.0 Å². The second-order valence-electron chi connectivity index (χ2n) is 4.03. The summed E-state index contributed by atoms with van der Waals surface area (Å²) < 4.78 is 27.4. The minimum absolute atomic E-state index is 0.178.